The van der Waals surface area contributed by atoms with Crippen LogP contribution in [0.15, 0.2) is 35.5 Å². The molecule has 3 N–H and O–H groups in total. The minimum atomic E-state index is -6.89. The largest absolute Gasteiger partial charge is 0.504 e. The van der Waals surface area contributed by atoms with Crippen LogP contribution in [0.25, 0.3) is 0 Å². The molecule has 6 nitrogen and oxygen atoms in total. The number of carbonyl (C=O) groups is 3. The summed E-state index contributed by atoms with van der Waals surface area (Å²) >= 11 is 0. The number of halogens is 30. The van der Waals surface area contributed by atoms with Gasteiger partial charge in [0.25, 0.3) is 0 Å². The zero-order valence-electron chi connectivity index (χ0n) is 25.2. The first-order chi connectivity index (χ1) is 24.1. The predicted octanol–water partition coefficient (Wildman–Crippen LogP) is 10.2. The van der Waals surface area contributed by atoms with Gasteiger partial charge in [-0.25, -0.2) is 0 Å². The van der Waals surface area contributed by atoms with Crippen molar-refractivity contribution >= 4 is 17.3 Å². The van der Waals surface area contributed by atoms with Crippen LogP contribution in [0.5, 0.6) is 0 Å². The van der Waals surface area contributed by atoms with Crippen molar-refractivity contribution < 1.29 is 203 Å². The van der Waals surface area contributed by atoms with E-state index in [2.05, 4.69) is 0 Å². The zero-order valence-corrected chi connectivity index (χ0v) is 28.9. The summed E-state index contributed by atoms with van der Waals surface area (Å²) in [5.74, 6) is -59.9. The zero-order chi connectivity index (χ0) is 47.6. The number of rotatable bonds is 9. The molecule has 0 spiro atoms. The van der Waals surface area contributed by atoms with Gasteiger partial charge in [-0.3, -0.25) is 14.4 Å². The molecule has 0 rings (SSSR count). The van der Waals surface area contributed by atoms with E-state index in [0.717, 1.165) is 0 Å². The predicted molar refractivity (Wildman–Crippen MR) is 113 cm³/mol. The van der Waals surface area contributed by atoms with E-state index < -0.39 is 125 Å². The topological polar surface area (TPSA) is 112 Å². The van der Waals surface area contributed by atoms with Gasteiger partial charge in [0.1, 0.15) is 0 Å². The summed E-state index contributed by atoms with van der Waals surface area (Å²) in [4.78, 5) is 31.0. The Labute approximate surface area is 327 Å². The van der Waals surface area contributed by atoms with Gasteiger partial charge in [-0.15, -0.1) is 0 Å². The molecule has 1 radical (unpaired) electrons. The quantitative estimate of drug-likeness (QED) is 0.121. The maximum atomic E-state index is 12.5. The van der Waals surface area contributed by atoms with Crippen LogP contribution in [0.4, 0.5) is 132 Å². The van der Waals surface area contributed by atoms with Crippen molar-refractivity contribution in [3.63, 3.8) is 0 Å². The van der Waals surface area contributed by atoms with E-state index in [4.69, 9.17) is 15.3 Å². The minimum Gasteiger partial charge on any atom is -0.504 e. The van der Waals surface area contributed by atoms with Crippen LogP contribution >= 0.6 is 0 Å². The van der Waals surface area contributed by atoms with E-state index in [1.54, 1.807) is 0 Å². The Bertz CT molecular complexity index is 1350. The summed E-state index contributed by atoms with van der Waals surface area (Å²) in [5.41, 5.74) is 0. The molecule has 0 aliphatic heterocycles. The first-order valence-corrected chi connectivity index (χ1v) is 11.7. The average Bonchev–Trinajstić information content (AvgIpc) is 2.93. The molecule has 0 aliphatic carbocycles. The molecule has 0 saturated heterocycles. The molecular formula is C21H6F30O6Pr. The fourth-order valence-corrected chi connectivity index (χ4v) is 1.89. The molecule has 0 saturated carbocycles. The van der Waals surface area contributed by atoms with Crippen LogP contribution < -0.4 is 0 Å². The normalized spacial score (nSPS) is 15.3. The third-order valence-electron chi connectivity index (χ3n) is 4.85. The van der Waals surface area contributed by atoms with Crippen molar-refractivity contribution in [2.75, 3.05) is 0 Å². The van der Waals surface area contributed by atoms with Crippen LogP contribution in [0, 0.1) is 41.3 Å². The van der Waals surface area contributed by atoms with Crippen molar-refractivity contribution in [2.45, 2.75) is 72.6 Å². The third-order valence-corrected chi connectivity index (χ3v) is 4.85. The van der Waals surface area contributed by atoms with E-state index in [1.807, 2.05) is 0 Å². The Balaban J connectivity index is -0.000000374. The Morgan fingerprint density at radius 3 is 0.500 bits per heavy atom. The van der Waals surface area contributed by atoms with Crippen LogP contribution in [0.3, 0.4) is 0 Å². The molecule has 0 heterocycles. The molecule has 0 atom stereocenters. The SMILES string of the molecule is O=C(C=C(O)C(F)(F)F)C(F)(F)C(F)(F)C(F)(F)F.O=C(C=C(O)C(F)(F)F)C(F)(F)C(F)(F)C(F)(F)F.O=C(C=C(O)C(F)(F)F)C(F)(F)C(F)(F)C(F)(F)F.[Pr]. The van der Waals surface area contributed by atoms with Crippen molar-refractivity contribution in [1.82, 2.24) is 0 Å². The van der Waals surface area contributed by atoms with Crippen LogP contribution in [-0.4, -0.2) is 105 Å². The van der Waals surface area contributed by atoms with E-state index in [0.29, 0.717) is 0 Å². The first-order valence-electron chi connectivity index (χ1n) is 11.7. The molecule has 339 valence electrons. The summed E-state index contributed by atoms with van der Waals surface area (Å²) in [5, 5.41) is 24.1. The third kappa shape index (κ3) is 14.6. The number of hydrogen-bond acceptors (Lipinski definition) is 6. The Hall–Kier alpha value is -3.11. The Kier molecular flexibility index (Phi) is 19.8. The molecule has 0 aromatic heterocycles. The number of allylic oxidation sites excluding steroid dienone is 6. The smallest absolute Gasteiger partial charge is 0.460 e. The number of aliphatic hydroxyl groups excluding tert-OH is 3. The van der Waals surface area contributed by atoms with Gasteiger partial charge in [0, 0.05) is 59.5 Å². The number of aliphatic hydroxyl groups is 3. The van der Waals surface area contributed by atoms with Crippen molar-refractivity contribution in [2.24, 2.45) is 0 Å². The fraction of sp³-hybridized carbons (Fsp3) is 0.571. The molecule has 0 bridgehead atoms. The van der Waals surface area contributed by atoms with Crippen LogP contribution in [0.1, 0.15) is 0 Å². The molecule has 0 amide bonds. The molecule has 0 aromatic carbocycles. The van der Waals surface area contributed by atoms with E-state index in [9.17, 15) is 146 Å². The summed E-state index contributed by atoms with van der Waals surface area (Å²) in [6.45, 7) is 0. The van der Waals surface area contributed by atoms with Crippen molar-refractivity contribution in [3.05, 3.63) is 35.5 Å². The summed E-state index contributed by atoms with van der Waals surface area (Å²) in [6, 6.07) is 0. The fourth-order valence-electron chi connectivity index (χ4n) is 1.89. The van der Waals surface area contributed by atoms with Gasteiger partial charge < -0.3 is 15.3 Å². The van der Waals surface area contributed by atoms with Gasteiger partial charge in [0.2, 0.25) is 34.6 Å². The maximum Gasteiger partial charge on any atom is 0.460 e. The van der Waals surface area contributed by atoms with Gasteiger partial charge in [-0.05, 0) is 0 Å². The average molecular weight is 1070 g/mol. The molecule has 58 heavy (non-hydrogen) atoms. The minimum absolute atomic E-state index is 0. The second kappa shape index (κ2) is 18.7. The first kappa shape index (κ1) is 61.6. The standard InChI is InChI=1S/3C7H2F10O2.Pr/c3*8-4(9,6(13,14)7(15,16)17)2(18)1-3(19)5(10,11)12;/h3*1,19H;. The second-order valence-corrected chi connectivity index (χ2v) is 9.11. The Morgan fingerprint density at radius 1 is 0.293 bits per heavy atom. The Morgan fingerprint density at radius 2 is 0.414 bits per heavy atom. The van der Waals surface area contributed by atoms with Gasteiger partial charge >= 0.3 is 72.6 Å². The van der Waals surface area contributed by atoms with Crippen molar-refractivity contribution in [3.8, 4) is 0 Å². The molecule has 0 aliphatic rings. The number of carbonyl (C=O) groups excluding carboxylic acids is 3. The number of hydrogen-bond donors (Lipinski definition) is 3. The van der Waals surface area contributed by atoms with Gasteiger partial charge in [0.05, 0.1) is 0 Å². The summed E-state index contributed by atoms with van der Waals surface area (Å²) in [7, 11) is 0. The second-order valence-electron chi connectivity index (χ2n) is 9.11. The molecule has 0 fully saturated rings. The van der Waals surface area contributed by atoms with Gasteiger partial charge in [-0.2, -0.15) is 132 Å². The van der Waals surface area contributed by atoms with Gasteiger partial charge in [0.15, 0.2) is 0 Å². The van der Waals surface area contributed by atoms with E-state index in [-0.39, 0.29) is 41.3 Å². The van der Waals surface area contributed by atoms with Gasteiger partial charge in [-0.1, -0.05) is 0 Å². The molecular weight excluding hydrogens is 1060 g/mol. The number of alkyl halides is 30. The van der Waals surface area contributed by atoms with E-state index >= 15 is 0 Å². The van der Waals surface area contributed by atoms with Crippen LogP contribution in [-0.2, 0) is 14.4 Å². The number of ketones is 3. The molecule has 0 aromatic rings. The summed E-state index contributed by atoms with van der Waals surface area (Å²) < 4.78 is 357. The molecule has 37 heteroatoms. The maximum absolute atomic E-state index is 12.5. The summed E-state index contributed by atoms with van der Waals surface area (Å²) in [6.07, 6.45) is -42.2. The molecule has 0 unspecified atom stereocenters. The van der Waals surface area contributed by atoms with E-state index in [1.165, 1.54) is 0 Å². The van der Waals surface area contributed by atoms with Crippen LogP contribution in [0.2, 0.25) is 0 Å². The van der Waals surface area contributed by atoms with Crippen molar-refractivity contribution in [1.29, 1.82) is 0 Å². The monoisotopic (exact) mass is 1060 g/mol.